The minimum absolute atomic E-state index is 0.216. The van der Waals surface area contributed by atoms with Crippen molar-refractivity contribution in [3.8, 4) is 22.8 Å². The summed E-state index contributed by atoms with van der Waals surface area (Å²) in [6.45, 7) is 13.5. The van der Waals surface area contributed by atoms with Crippen molar-refractivity contribution >= 4 is 11.7 Å². The van der Waals surface area contributed by atoms with Crippen molar-refractivity contribution in [1.82, 2.24) is 39.8 Å². The molecule has 3 aromatic rings. The summed E-state index contributed by atoms with van der Waals surface area (Å²) >= 11 is 0. The van der Waals surface area contributed by atoms with Crippen molar-refractivity contribution in [3.05, 3.63) is 48.6 Å². The summed E-state index contributed by atoms with van der Waals surface area (Å²) < 4.78 is 21.0. The Hall–Kier alpha value is -3.77. The number of hydrogen-bond donors (Lipinski definition) is 0. The molecule has 9 rings (SSSR count). The van der Waals surface area contributed by atoms with Crippen LogP contribution in [0.3, 0.4) is 0 Å². The normalized spacial score (nSPS) is 26.3. The van der Waals surface area contributed by atoms with Gasteiger partial charge in [-0.25, -0.2) is 19.3 Å². The number of nitrogens with zero attached hydrogens (tertiary/aromatic N) is 9. The number of anilines is 1. The number of halogens is 1. The number of likely N-dealkylation sites (tertiary alicyclic amines) is 3. The standard InChI is InChI=1S/C38H48FN9O2/c1-24(2)34(27-13-29(14-27)48-11-4-9-38(48)20-46(21-38)25(3)49)47-18-37(19-47)10-12-45(17-37)35-36(44-43-23-42-35)50-32-8-7-28(39)15-30(32)31-16-40-22-41-33(31)26-5-6-26/h7-8,15-16,22-24,26-27,29,34H,4-6,9-14,17-21H2,1-3H3/t27?,29?,34-/m1/s1. The number of ether oxygens (including phenoxy) is 1. The highest BCUT2D eigenvalue weighted by molar-refractivity contribution is 5.75. The number of carbonyl (C=O) groups excluding carboxylic acids is 1. The molecule has 2 spiro atoms. The van der Waals surface area contributed by atoms with Gasteiger partial charge in [-0.15, -0.1) is 10.2 Å². The summed E-state index contributed by atoms with van der Waals surface area (Å²) in [6, 6.07) is 5.81. The van der Waals surface area contributed by atoms with Gasteiger partial charge >= 0.3 is 0 Å². The van der Waals surface area contributed by atoms with Gasteiger partial charge in [0.05, 0.1) is 11.2 Å². The van der Waals surface area contributed by atoms with E-state index in [9.17, 15) is 9.18 Å². The third-order valence-electron chi connectivity index (χ3n) is 12.8. The highest BCUT2D eigenvalue weighted by Gasteiger charge is 2.57. The average molecular weight is 682 g/mol. The first-order valence-electron chi connectivity index (χ1n) is 18.7. The molecule has 0 radical (unpaired) electrons. The number of aromatic nitrogens is 5. The fourth-order valence-corrected chi connectivity index (χ4v) is 10.3. The van der Waals surface area contributed by atoms with Gasteiger partial charge in [0.15, 0.2) is 5.82 Å². The summed E-state index contributed by atoms with van der Waals surface area (Å²) in [5.41, 5.74) is 2.80. The third kappa shape index (κ3) is 5.53. The highest BCUT2D eigenvalue weighted by atomic mass is 19.1. The van der Waals surface area contributed by atoms with Crippen LogP contribution in [0, 0.1) is 23.1 Å². The lowest BCUT2D eigenvalue weighted by atomic mass is 9.67. The lowest BCUT2D eigenvalue weighted by Crippen LogP contribution is -2.72. The van der Waals surface area contributed by atoms with E-state index in [0.29, 0.717) is 46.9 Å². The fourth-order valence-electron chi connectivity index (χ4n) is 10.3. The first-order chi connectivity index (χ1) is 24.2. The maximum atomic E-state index is 14.6. The van der Waals surface area contributed by atoms with E-state index in [2.05, 4.69) is 53.7 Å². The van der Waals surface area contributed by atoms with Gasteiger partial charge in [0, 0.05) is 86.9 Å². The molecule has 0 unspecified atom stereocenters. The molecule has 1 amide bonds. The van der Waals surface area contributed by atoms with E-state index < -0.39 is 0 Å². The van der Waals surface area contributed by atoms with Crippen LogP contribution in [-0.4, -0.2) is 109 Å². The Morgan fingerprint density at radius 2 is 1.82 bits per heavy atom. The van der Waals surface area contributed by atoms with Crippen LogP contribution < -0.4 is 9.64 Å². The molecule has 1 aromatic carbocycles. The number of carbonyl (C=O) groups is 1. The zero-order valence-corrected chi connectivity index (χ0v) is 29.5. The maximum Gasteiger partial charge on any atom is 0.282 e. The van der Waals surface area contributed by atoms with Crippen LogP contribution >= 0.6 is 0 Å². The van der Waals surface area contributed by atoms with Crippen molar-refractivity contribution in [2.45, 2.75) is 89.3 Å². The molecule has 2 aromatic heterocycles. The lowest BCUT2D eigenvalue weighted by molar-refractivity contribution is -0.148. The Bertz CT molecular complexity index is 1770. The van der Waals surface area contributed by atoms with Crippen LogP contribution in [-0.2, 0) is 4.79 Å². The zero-order chi connectivity index (χ0) is 34.2. The second kappa shape index (κ2) is 12.2. The molecule has 6 heterocycles. The topological polar surface area (TPSA) is 104 Å². The predicted molar refractivity (Wildman–Crippen MR) is 186 cm³/mol. The molecular formula is C38H48FN9O2. The maximum absolute atomic E-state index is 14.6. The van der Waals surface area contributed by atoms with Crippen LogP contribution in [0.5, 0.6) is 11.6 Å². The molecule has 4 aliphatic heterocycles. The minimum atomic E-state index is -0.345. The Morgan fingerprint density at radius 3 is 2.58 bits per heavy atom. The lowest BCUT2D eigenvalue weighted by Gasteiger charge is -2.60. The molecule has 2 aliphatic carbocycles. The van der Waals surface area contributed by atoms with E-state index >= 15 is 0 Å². The number of rotatable bonds is 9. The van der Waals surface area contributed by atoms with Gasteiger partial charge in [-0.3, -0.25) is 14.6 Å². The molecule has 6 aliphatic rings. The van der Waals surface area contributed by atoms with Gasteiger partial charge in [0.1, 0.15) is 24.2 Å². The zero-order valence-electron chi connectivity index (χ0n) is 29.5. The Morgan fingerprint density at radius 1 is 1.00 bits per heavy atom. The summed E-state index contributed by atoms with van der Waals surface area (Å²) in [5, 5.41) is 8.46. The van der Waals surface area contributed by atoms with E-state index in [1.54, 1.807) is 25.5 Å². The number of benzene rings is 1. The van der Waals surface area contributed by atoms with Crippen molar-refractivity contribution in [3.63, 3.8) is 0 Å². The molecule has 50 heavy (non-hydrogen) atoms. The molecule has 4 saturated heterocycles. The molecule has 12 heteroatoms. The first-order valence-corrected chi connectivity index (χ1v) is 18.7. The summed E-state index contributed by atoms with van der Waals surface area (Å²) in [5.74, 6) is 3.06. The van der Waals surface area contributed by atoms with Crippen LogP contribution in [0.4, 0.5) is 10.2 Å². The fraction of sp³-hybridized carbons (Fsp3) is 0.632. The van der Waals surface area contributed by atoms with Gasteiger partial charge in [0.2, 0.25) is 5.91 Å². The number of amides is 1. The van der Waals surface area contributed by atoms with Gasteiger partial charge in [-0.2, -0.15) is 0 Å². The van der Waals surface area contributed by atoms with Crippen molar-refractivity contribution < 1.29 is 13.9 Å². The van der Waals surface area contributed by atoms with Gasteiger partial charge in [0.25, 0.3) is 5.88 Å². The Labute approximate surface area is 293 Å². The molecule has 1 atom stereocenters. The molecule has 11 nitrogen and oxygen atoms in total. The molecule has 6 fully saturated rings. The van der Waals surface area contributed by atoms with Crippen molar-refractivity contribution in [2.75, 3.05) is 50.7 Å². The van der Waals surface area contributed by atoms with Crippen molar-refractivity contribution in [1.29, 1.82) is 0 Å². The van der Waals surface area contributed by atoms with E-state index in [1.165, 1.54) is 50.7 Å². The van der Waals surface area contributed by atoms with E-state index in [0.717, 1.165) is 75.7 Å². The third-order valence-corrected chi connectivity index (χ3v) is 12.8. The SMILES string of the molecule is CC(=O)N1CC2(CCCN2C2CC([C@@H](C(C)C)N3CC4(CCN(c5ncnnc5Oc5ccc(F)cc5-c5cncnc5C5CC5)C4)C3)C2)C1. The molecule has 0 bridgehead atoms. The largest absolute Gasteiger partial charge is 0.434 e. The molecular weight excluding hydrogens is 633 g/mol. The van der Waals surface area contributed by atoms with Crippen LogP contribution in [0.1, 0.15) is 77.3 Å². The smallest absolute Gasteiger partial charge is 0.282 e. The van der Waals surface area contributed by atoms with Crippen LogP contribution in [0.15, 0.2) is 37.1 Å². The van der Waals surface area contributed by atoms with E-state index in [1.807, 2.05) is 4.90 Å². The monoisotopic (exact) mass is 681 g/mol. The van der Waals surface area contributed by atoms with E-state index in [-0.39, 0.29) is 22.7 Å². The minimum Gasteiger partial charge on any atom is -0.434 e. The van der Waals surface area contributed by atoms with Crippen LogP contribution in [0.25, 0.3) is 11.1 Å². The molecule has 0 N–H and O–H groups in total. The van der Waals surface area contributed by atoms with Crippen LogP contribution in [0.2, 0.25) is 0 Å². The highest BCUT2D eigenvalue weighted by Crippen LogP contribution is 2.51. The summed E-state index contributed by atoms with van der Waals surface area (Å²) in [7, 11) is 0. The predicted octanol–water partition coefficient (Wildman–Crippen LogP) is 5.15. The summed E-state index contributed by atoms with van der Waals surface area (Å²) in [4.78, 5) is 35.3. The average Bonchev–Trinajstić information content (AvgIpc) is 3.65. The second-order valence-electron chi connectivity index (χ2n) is 16.5. The quantitative estimate of drug-likeness (QED) is 0.301. The molecule has 2 saturated carbocycles. The van der Waals surface area contributed by atoms with Gasteiger partial charge in [-0.05, 0) is 81.5 Å². The number of hydrogen-bond acceptors (Lipinski definition) is 10. The molecule has 264 valence electrons. The van der Waals surface area contributed by atoms with Gasteiger partial charge < -0.3 is 14.5 Å². The van der Waals surface area contributed by atoms with E-state index in [4.69, 9.17) is 4.74 Å². The Kier molecular flexibility index (Phi) is 7.83. The van der Waals surface area contributed by atoms with Crippen molar-refractivity contribution in [2.24, 2.45) is 17.3 Å². The second-order valence-corrected chi connectivity index (χ2v) is 16.5. The first kappa shape index (κ1) is 32.2. The summed E-state index contributed by atoms with van der Waals surface area (Å²) in [6.07, 6.45) is 13.1. The Balaban J connectivity index is 0.860. The van der Waals surface area contributed by atoms with Gasteiger partial charge in [-0.1, -0.05) is 13.8 Å².